The number of alkyl halides is 1. The van der Waals surface area contributed by atoms with E-state index in [-0.39, 0.29) is 0 Å². The quantitative estimate of drug-likeness (QED) is 0.616. The van der Waals surface area contributed by atoms with Crippen molar-refractivity contribution in [3.63, 3.8) is 0 Å². The fourth-order valence-electron chi connectivity index (χ4n) is 1.81. The Bertz CT molecular complexity index is 487. The van der Waals surface area contributed by atoms with Gasteiger partial charge in [-0.3, -0.25) is 0 Å². The fraction of sp³-hybridized carbons (Fsp3) is 0.250. The molecule has 2 nitrogen and oxygen atoms in total. The minimum Gasteiger partial charge on any atom is -0.492 e. The van der Waals surface area contributed by atoms with E-state index in [0.29, 0.717) is 12.5 Å². The van der Waals surface area contributed by atoms with Gasteiger partial charge in [0.15, 0.2) is 0 Å². The molecule has 0 bridgehead atoms. The molecule has 19 heavy (non-hydrogen) atoms. The number of hydrogen-bond acceptors (Lipinski definition) is 2. The van der Waals surface area contributed by atoms with Gasteiger partial charge in [-0.1, -0.05) is 42.5 Å². The van der Waals surface area contributed by atoms with Gasteiger partial charge in [-0.2, -0.15) is 0 Å². The van der Waals surface area contributed by atoms with Crippen molar-refractivity contribution in [1.82, 2.24) is 5.32 Å². The summed E-state index contributed by atoms with van der Waals surface area (Å²) in [4.78, 5) is 0. The Balaban J connectivity index is 1.66. The van der Waals surface area contributed by atoms with E-state index in [1.165, 1.54) is 5.56 Å². The second kappa shape index (κ2) is 7.82. The van der Waals surface area contributed by atoms with Crippen molar-refractivity contribution in [2.24, 2.45) is 0 Å². The Labute approximate surface area is 119 Å². The highest BCUT2D eigenvalue weighted by atomic mass is 35.5. The number of benzene rings is 2. The van der Waals surface area contributed by atoms with Crippen LogP contribution in [0.2, 0.25) is 0 Å². The van der Waals surface area contributed by atoms with Gasteiger partial charge < -0.3 is 10.1 Å². The zero-order valence-electron chi connectivity index (χ0n) is 10.8. The molecule has 0 atom stereocenters. The molecule has 0 saturated carbocycles. The van der Waals surface area contributed by atoms with Gasteiger partial charge >= 0.3 is 0 Å². The summed E-state index contributed by atoms with van der Waals surface area (Å²) in [7, 11) is 0. The molecular formula is C16H18ClNO. The van der Waals surface area contributed by atoms with Gasteiger partial charge in [0.25, 0.3) is 0 Å². The van der Waals surface area contributed by atoms with Crippen molar-refractivity contribution in [2.45, 2.75) is 12.4 Å². The van der Waals surface area contributed by atoms with E-state index >= 15 is 0 Å². The molecule has 2 aromatic rings. The Morgan fingerprint density at radius 3 is 2.53 bits per heavy atom. The summed E-state index contributed by atoms with van der Waals surface area (Å²) in [5.41, 5.74) is 2.40. The van der Waals surface area contributed by atoms with E-state index in [9.17, 15) is 0 Å². The molecule has 0 spiro atoms. The van der Waals surface area contributed by atoms with Crippen molar-refractivity contribution < 1.29 is 4.74 Å². The van der Waals surface area contributed by atoms with Crippen molar-refractivity contribution in [3.05, 3.63) is 65.7 Å². The molecule has 0 saturated heterocycles. The van der Waals surface area contributed by atoms with Crippen LogP contribution in [0.5, 0.6) is 5.75 Å². The third-order valence-corrected chi connectivity index (χ3v) is 3.07. The van der Waals surface area contributed by atoms with Crippen molar-refractivity contribution in [2.75, 3.05) is 13.2 Å². The molecule has 0 aliphatic carbocycles. The maximum absolute atomic E-state index is 5.81. The Morgan fingerprint density at radius 1 is 0.947 bits per heavy atom. The topological polar surface area (TPSA) is 21.3 Å². The maximum Gasteiger partial charge on any atom is 0.119 e. The van der Waals surface area contributed by atoms with Gasteiger partial charge in [-0.05, 0) is 23.3 Å². The first-order chi connectivity index (χ1) is 9.38. The van der Waals surface area contributed by atoms with E-state index in [2.05, 4.69) is 17.4 Å². The lowest BCUT2D eigenvalue weighted by molar-refractivity contribution is 0.313. The highest BCUT2D eigenvalue weighted by Crippen LogP contribution is 2.08. The number of halogens is 1. The molecule has 100 valence electrons. The lowest BCUT2D eigenvalue weighted by Gasteiger charge is -2.08. The molecule has 0 fully saturated rings. The van der Waals surface area contributed by atoms with Crippen LogP contribution in [0.15, 0.2) is 54.6 Å². The summed E-state index contributed by atoms with van der Waals surface area (Å²) in [6.07, 6.45) is 0. The number of rotatable bonds is 7. The third-order valence-electron chi connectivity index (χ3n) is 2.77. The van der Waals surface area contributed by atoms with Gasteiger partial charge in [-0.15, -0.1) is 11.6 Å². The van der Waals surface area contributed by atoms with Gasteiger partial charge in [0.2, 0.25) is 0 Å². The van der Waals surface area contributed by atoms with Crippen molar-refractivity contribution in [1.29, 1.82) is 0 Å². The summed E-state index contributed by atoms with van der Waals surface area (Å²) < 4.78 is 5.61. The average Bonchev–Trinajstić information content (AvgIpc) is 2.48. The van der Waals surface area contributed by atoms with Gasteiger partial charge in [0.05, 0.1) is 0 Å². The molecule has 1 N–H and O–H groups in total. The smallest absolute Gasteiger partial charge is 0.119 e. The zero-order chi connectivity index (χ0) is 13.3. The van der Waals surface area contributed by atoms with E-state index in [0.717, 1.165) is 24.4 Å². The van der Waals surface area contributed by atoms with Crippen molar-refractivity contribution >= 4 is 11.6 Å². The lowest BCUT2D eigenvalue weighted by atomic mass is 10.1. The molecule has 0 aliphatic rings. The monoisotopic (exact) mass is 275 g/mol. The van der Waals surface area contributed by atoms with Crippen LogP contribution in [0, 0.1) is 0 Å². The molecule has 0 amide bonds. The second-order valence-electron chi connectivity index (χ2n) is 4.29. The summed E-state index contributed by atoms with van der Waals surface area (Å²) >= 11 is 5.81. The lowest BCUT2D eigenvalue weighted by Crippen LogP contribution is -2.20. The largest absolute Gasteiger partial charge is 0.492 e. The molecule has 0 aliphatic heterocycles. The van der Waals surface area contributed by atoms with Crippen LogP contribution in [0.3, 0.4) is 0 Å². The van der Waals surface area contributed by atoms with Crippen LogP contribution < -0.4 is 10.1 Å². The first kappa shape index (κ1) is 13.9. The number of hydrogen-bond donors (Lipinski definition) is 1. The van der Waals surface area contributed by atoms with Gasteiger partial charge in [-0.25, -0.2) is 0 Å². The predicted octanol–water partition coefficient (Wildman–Crippen LogP) is 3.59. The Morgan fingerprint density at radius 2 is 1.74 bits per heavy atom. The molecule has 0 radical (unpaired) electrons. The van der Waals surface area contributed by atoms with Crippen LogP contribution in [0.25, 0.3) is 0 Å². The van der Waals surface area contributed by atoms with Crippen LogP contribution in [-0.2, 0) is 12.4 Å². The molecule has 0 unspecified atom stereocenters. The molecule has 2 rings (SSSR count). The van der Waals surface area contributed by atoms with Crippen LogP contribution in [-0.4, -0.2) is 13.2 Å². The Kier molecular flexibility index (Phi) is 5.73. The predicted molar refractivity (Wildman–Crippen MR) is 79.6 cm³/mol. The molecule has 3 heteroatoms. The minimum absolute atomic E-state index is 0.560. The van der Waals surface area contributed by atoms with Crippen LogP contribution in [0.1, 0.15) is 11.1 Å². The van der Waals surface area contributed by atoms with E-state index in [1.807, 2.05) is 42.5 Å². The van der Waals surface area contributed by atoms with Gasteiger partial charge in [0.1, 0.15) is 12.4 Å². The Hall–Kier alpha value is -1.51. The fourth-order valence-corrected chi connectivity index (χ4v) is 1.98. The number of nitrogens with one attached hydrogen (secondary N) is 1. The summed E-state index contributed by atoms with van der Waals surface area (Å²) in [6.45, 7) is 2.32. The zero-order valence-corrected chi connectivity index (χ0v) is 11.6. The summed E-state index contributed by atoms with van der Waals surface area (Å²) in [5, 5.41) is 3.36. The summed E-state index contributed by atoms with van der Waals surface area (Å²) in [5.74, 6) is 1.47. The number of ether oxygens (including phenoxy) is 1. The van der Waals surface area contributed by atoms with E-state index in [4.69, 9.17) is 16.3 Å². The van der Waals surface area contributed by atoms with E-state index < -0.39 is 0 Å². The molecular weight excluding hydrogens is 258 g/mol. The van der Waals surface area contributed by atoms with Crippen LogP contribution >= 0.6 is 11.6 Å². The van der Waals surface area contributed by atoms with Crippen molar-refractivity contribution in [3.8, 4) is 5.75 Å². The molecule has 0 heterocycles. The first-order valence-electron chi connectivity index (χ1n) is 6.41. The van der Waals surface area contributed by atoms with Gasteiger partial charge in [0, 0.05) is 19.0 Å². The summed E-state index contributed by atoms with van der Waals surface area (Å²) in [6, 6.07) is 18.1. The SMILES string of the molecule is ClCc1cccc(CNCCOc2ccccc2)c1. The second-order valence-corrected chi connectivity index (χ2v) is 4.56. The van der Waals surface area contributed by atoms with Crippen LogP contribution in [0.4, 0.5) is 0 Å². The highest BCUT2D eigenvalue weighted by molar-refractivity contribution is 6.17. The normalized spacial score (nSPS) is 10.4. The molecule has 2 aromatic carbocycles. The molecule has 0 aromatic heterocycles. The van der Waals surface area contributed by atoms with E-state index in [1.54, 1.807) is 0 Å². The average molecular weight is 276 g/mol. The first-order valence-corrected chi connectivity index (χ1v) is 6.94. The highest BCUT2D eigenvalue weighted by Gasteiger charge is 1.96. The number of para-hydroxylation sites is 1. The maximum atomic E-state index is 5.81. The minimum atomic E-state index is 0.560. The third kappa shape index (κ3) is 4.93. The standard InChI is InChI=1S/C16H18ClNO/c17-12-14-5-4-6-15(11-14)13-18-9-10-19-16-7-2-1-3-8-16/h1-8,11,18H,9-10,12-13H2.